The van der Waals surface area contributed by atoms with Gasteiger partial charge in [-0.2, -0.15) is 0 Å². The minimum absolute atomic E-state index is 0.166. The molecule has 2 fully saturated rings. The van der Waals surface area contributed by atoms with Gasteiger partial charge in [0.1, 0.15) is 0 Å². The van der Waals surface area contributed by atoms with Gasteiger partial charge in [-0.15, -0.1) is 11.3 Å². The number of thiophene rings is 1. The lowest BCUT2D eigenvalue weighted by Gasteiger charge is -2.41. The highest BCUT2D eigenvalue weighted by molar-refractivity contribution is 7.12. The van der Waals surface area contributed by atoms with Crippen molar-refractivity contribution >= 4 is 11.3 Å². The van der Waals surface area contributed by atoms with Crippen LogP contribution in [0.25, 0.3) is 0 Å². The quantitative estimate of drug-likeness (QED) is 0.661. The first-order valence-electron chi connectivity index (χ1n) is 7.80. The highest BCUT2D eigenvalue weighted by Gasteiger charge is 2.42. The molecule has 1 saturated heterocycles. The molecule has 3 rings (SSSR count). The van der Waals surface area contributed by atoms with Crippen LogP contribution in [0.3, 0.4) is 0 Å². The normalized spacial score (nSPS) is 27.1. The number of hydrogen-bond donors (Lipinski definition) is 2. The predicted molar refractivity (Wildman–Crippen MR) is 83.7 cm³/mol. The lowest BCUT2D eigenvalue weighted by molar-refractivity contribution is -0.0980. The molecule has 0 bridgehead atoms. The van der Waals surface area contributed by atoms with Crippen molar-refractivity contribution in [2.45, 2.75) is 64.0 Å². The minimum atomic E-state index is 0.166. The molecule has 1 saturated carbocycles. The van der Waals surface area contributed by atoms with E-state index in [1.54, 1.807) is 0 Å². The number of hydrazine groups is 1. The Morgan fingerprint density at radius 2 is 2.15 bits per heavy atom. The van der Waals surface area contributed by atoms with E-state index in [0.29, 0.717) is 5.92 Å². The van der Waals surface area contributed by atoms with Gasteiger partial charge in [0.2, 0.25) is 0 Å². The Hall–Kier alpha value is -0.420. The molecule has 2 heterocycles. The second-order valence-corrected chi connectivity index (χ2v) is 7.81. The monoisotopic (exact) mass is 294 g/mol. The predicted octanol–water partition coefficient (Wildman–Crippen LogP) is 3.61. The zero-order valence-electron chi connectivity index (χ0n) is 12.6. The summed E-state index contributed by atoms with van der Waals surface area (Å²) < 4.78 is 6.15. The zero-order valence-corrected chi connectivity index (χ0v) is 13.4. The minimum Gasteiger partial charge on any atom is -0.375 e. The number of hydrogen-bond acceptors (Lipinski definition) is 4. The van der Waals surface area contributed by atoms with Crippen LogP contribution >= 0.6 is 11.3 Å². The van der Waals surface area contributed by atoms with Gasteiger partial charge in [-0.25, -0.2) is 0 Å². The second kappa shape index (κ2) is 5.76. The molecule has 1 aromatic heterocycles. The van der Waals surface area contributed by atoms with Crippen LogP contribution in [-0.4, -0.2) is 12.2 Å². The summed E-state index contributed by atoms with van der Waals surface area (Å²) in [6.07, 6.45) is 7.41. The van der Waals surface area contributed by atoms with Crippen molar-refractivity contribution in [3.05, 3.63) is 21.4 Å². The van der Waals surface area contributed by atoms with Gasteiger partial charge in [-0.1, -0.05) is 12.8 Å². The first kappa shape index (κ1) is 14.5. The van der Waals surface area contributed by atoms with Gasteiger partial charge in [0.05, 0.1) is 11.6 Å². The summed E-state index contributed by atoms with van der Waals surface area (Å²) in [7, 11) is 0. The van der Waals surface area contributed by atoms with Gasteiger partial charge in [0.25, 0.3) is 0 Å². The average molecular weight is 294 g/mol. The van der Waals surface area contributed by atoms with Crippen molar-refractivity contribution in [2.75, 3.05) is 6.61 Å². The van der Waals surface area contributed by atoms with Gasteiger partial charge >= 0.3 is 0 Å². The molecule has 0 radical (unpaired) electrons. The van der Waals surface area contributed by atoms with Gasteiger partial charge < -0.3 is 4.74 Å². The van der Waals surface area contributed by atoms with E-state index < -0.39 is 0 Å². The van der Waals surface area contributed by atoms with Crippen LogP contribution < -0.4 is 11.3 Å². The second-order valence-electron chi connectivity index (χ2n) is 6.52. The molecular weight excluding hydrogens is 268 g/mol. The molecule has 0 amide bonds. The Morgan fingerprint density at radius 3 is 2.75 bits per heavy atom. The van der Waals surface area contributed by atoms with E-state index in [4.69, 9.17) is 10.6 Å². The van der Waals surface area contributed by atoms with Crippen LogP contribution in [0.1, 0.15) is 59.9 Å². The topological polar surface area (TPSA) is 47.3 Å². The fourth-order valence-corrected chi connectivity index (χ4v) is 5.12. The third-order valence-corrected chi connectivity index (χ3v) is 6.42. The standard InChI is InChI=1S/C16H26N2OS/c1-11-9-14(20-12(11)2)15(18-17)13-5-8-19-16(10-13)6-3-4-7-16/h9,13,15,18H,3-8,10,17H2,1-2H3. The number of nitrogens with two attached hydrogens (primary N) is 1. The molecule has 0 aromatic carbocycles. The molecule has 20 heavy (non-hydrogen) atoms. The van der Waals surface area contributed by atoms with Crippen LogP contribution in [0.2, 0.25) is 0 Å². The molecule has 2 unspecified atom stereocenters. The molecule has 112 valence electrons. The highest BCUT2D eigenvalue weighted by Crippen LogP contribution is 2.46. The molecule has 1 aromatic rings. The van der Waals surface area contributed by atoms with Gasteiger partial charge in [-0.3, -0.25) is 11.3 Å². The summed E-state index contributed by atoms with van der Waals surface area (Å²) in [5.41, 5.74) is 4.64. The SMILES string of the molecule is Cc1cc(C(NN)C2CCOC3(CCCC3)C2)sc1C. The number of ether oxygens (including phenoxy) is 1. The maximum atomic E-state index is 6.15. The lowest BCUT2D eigenvalue weighted by atomic mass is 9.80. The lowest BCUT2D eigenvalue weighted by Crippen LogP contribution is -2.43. The average Bonchev–Trinajstić information content (AvgIpc) is 2.99. The Bertz CT molecular complexity index is 446. The summed E-state index contributed by atoms with van der Waals surface area (Å²) in [5.74, 6) is 6.50. The Balaban J connectivity index is 1.78. The summed E-state index contributed by atoms with van der Waals surface area (Å²) in [6.45, 7) is 5.27. The molecule has 1 aliphatic heterocycles. The fourth-order valence-electron chi connectivity index (χ4n) is 3.92. The van der Waals surface area contributed by atoms with E-state index in [1.807, 2.05) is 11.3 Å². The number of rotatable bonds is 3. The Morgan fingerprint density at radius 1 is 1.40 bits per heavy atom. The van der Waals surface area contributed by atoms with E-state index in [0.717, 1.165) is 19.4 Å². The zero-order chi connectivity index (χ0) is 14.2. The number of aryl methyl sites for hydroxylation is 2. The summed E-state index contributed by atoms with van der Waals surface area (Å²) >= 11 is 1.89. The largest absolute Gasteiger partial charge is 0.375 e. The van der Waals surface area contributed by atoms with Crippen molar-refractivity contribution in [2.24, 2.45) is 11.8 Å². The number of nitrogens with one attached hydrogen (secondary N) is 1. The van der Waals surface area contributed by atoms with E-state index in [1.165, 1.54) is 41.0 Å². The van der Waals surface area contributed by atoms with Crippen LogP contribution in [0.15, 0.2) is 6.07 Å². The fraction of sp³-hybridized carbons (Fsp3) is 0.750. The van der Waals surface area contributed by atoms with Crippen molar-refractivity contribution in [3.8, 4) is 0 Å². The van der Waals surface area contributed by atoms with Crippen molar-refractivity contribution in [3.63, 3.8) is 0 Å². The molecule has 3 nitrogen and oxygen atoms in total. The third kappa shape index (κ3) is 2.67. The molecule has 4 heteroatoms. The van der Waals surface area contributed by atoms with Crippen LogP contribution in [-0.2, 0) is 4.74 Å². The van der Waals surface area contributed by atoms with Gasteiger partial charge in [0, 0.05) is 16.4 Å². The molecule has 2 aliphatic rings. The van der Waals surface area contributed by atoms with Crippen LogP contribution in [0.4, 0.5) is 0 Å². The summed E-state index contributed by atoms with van der Waals surface area (Å²) in [5, 5.41) is 0. The maximum absolute atomic E-state index is 6.15. The van der Waals surface area contributed by atoms with Gasteiger partial charge in [-0.05, 0) is 57.1 Å². The molecule has 2 atom stereocenters. The molecule has 3 N–H and O–H groups in total. The molecule has 1 spiro atoms. The Kier molecular flexibility index (Phi) is 4.18. The molecular formula is C16H26N2OS. The first-order chi connectivity index (χ1) is 9.63. The smallest absolute Gasteiger partial charge is 0.0686 e. The highest BCUT2D eigenvalue weighted by atomic mass is 32.1. The van der Waals surface area contributed by atoms with E-state index in [9.17, 15) is 0 Å². The van der Waals surface area contributed by atoms with Crippen LogP contribution in [0.5, 0.6) is 0 Å². The van der Waals surface area contributed by atoms with Crippen molar-refractivity contribution in [1.29, 1.82) is 0 Å². The van der Waals surface area contributed by atoms with Crippen molar-refractivity contribution < 1.29 is 4.74 Å². The third-order valence-electron chi connectivity index (χ3n) is 5.19. The Labute approximate surface area is 125 Å². The first-order valence-corrected chi connectivity index (χ1v) is 8.62. The van der Waals surface area contributed by atoms with E-state index in [-0.39, 0.29) is 11.6 Å². The van der Waals surface area contributed by atoms with E-state index in [2.05, 4.69) is 25.3 Å². The van der Waals surface area contributed by atoms with Crippen LogP contribution in [0, 0.1) is 19.8 Å². The summed E-state index contributed by atoms with van der Waals surface area (Å²) in [4.78, 5) is 2.80. The molecule has 1 aliphatic carbocycles. The summed E-state index contributed by atoms with van der Waals surface area (Å²) in [6, 6.07) is 2.59. The van der Waals surface area contributed by atoms with Gasteiger partial charge in [0.15, 0.2) is 0 Å². The maximum Gasteiger partial charge on any atom is 0.0686 e. The van der Waals surface area contributed by atoms with E-state index >= 15 is 0 Å². The van der Waals surface area contributed by atoms with Crippen molar-refractivity contribution in [1.82, 2.24) is 5.43 Å².